The molecule has 0 bridgehead atoms. The molecule has 27 heavy (non-hydrogen) atoms. The molecule has 1 aromatic carbocycles. The molecule has 3 aromatic rings. The molecule has 140 valence electrons. The predicted octanol–water partition coefficient (Wildman–Crippen LogP) is 4.31. The van der Waals surface area contributed by atoms with Crippen molar-refractivity contribution in [1.29, 1.82) is 0 Å². The number of rotatable bonds is 3. The monoisotopic (exact) mass is 362 g/mol. The zero-order chi connectivity index (χ0) is 19.0. The van der Waals surface area contributed by atoms with E-state index in [-0.39, 0.29) is 11.9 Å². The smallest absolute Gasteiger partial charge is 0.252 e. The Labute approximate surface area is 159 Å². The Kier molecular flexibility index (Phi) is 4.68. The predicted molar refractivity (Wildman–Crippen MR) is 108 cm³/mol. The molecule has 1 aliphatic rings. The third-order valence-corrected chi connectivity index (χ3v) is 5.67. The number of fused-ring (bicyclic) bond motifs is 1. The van der Waals surface area contributed by atoms with Crippen LogP contribution in [0.1, 0.15) is 53.8 Å². The van der Waals surface area contributed by atoms with Crippen LogP contribution in [-0.2, 0) is 7.05 Å². The number of carbonyl (C=O) groups is 1. The maximum atomic E-state index is 13.1. The van der Waals surface area contributed by atoms with Gasteiger partial charge in [0.15, 0.2) is 0 Å². The van der Waals surface area contributed by atoms with E-state index in [4.69, 9.17) is 4.98 Å². The first kappa shape index (κ1) is 17.7. The van der Waals surface area contributed by atoms with Gasteiger partial charge in [0.25, 0.3) is 5.91 Å². The van der Waals surface area contributed by atoms with E-state index in [0.717, 1.165) is 46.4 Å². The number of benzene rings is 1. The normalized spacial score (nSPS) is 15.2. The van der Waals surface area contributed by atoms with E-state index in [1.807, 2.05) is 55.9 Å². The number of nitrogens with one attached hydrogen (secondary N) is 1. The molecule has 0 unspecified atom stereocenters. The van der Waals surface area contributed by atoms with Gasteiger partial charge in [-0.1, -0.05) is 37.5 Å². The fraction of sp³-hybridized carbons (Fsp3) is 0.409. The maximum Gasteiger partial charge on any atom is 0.252 e. The number of nitrogens with zero attached hydrogens (tertiary/aromatic N) is 3. The summed E-state index contributed by atoms with van der Waals surface area (Å²) in [6.45, 7) is 4.02. The summed E-state index contributed by atoms with van der Waals surface area (Å²) < 4.78 is 1.86. The van der Waals surface area contributed by atoms with Crippen LogP contribution in [0.2, 0.25) is 0 Å². The highest BCUT2D eigenvalue weighted by Crippen LogP contribution is 2.29. The second kappa shape index (κ2) is 7.14. The number of pyridine rings is 1. The minimum absolute atomic E-state index is 0.000876. The minimum Gasteiger partial charge on any atom is -0.349 e. The van der Waals surface area contributed by atoms with Gasteiger partial charge in [-0.25, -0.2) is 4.98 Å². The van der Waals surface area contributed by atoms with E-state index in [0.29, 0.717) is 5.56 Å². The van der Waals surface area contributed by atoms with Gasteiger partial charge in [0.05, 0.1) is 22.5 Å². The van der Waals surface area contributed by atoms with Gasteiger partial charge in [0, 0.05) is 29.7 Å². The van der Waals surface area contributed by atoms with E-state index in [9.17, 15) is 4.79 Å². The SMILES string of the molecule is Cc1nn(C)c(C)c1-c1cc(C(=O)NC2CCCCC2)c2ccccc2n1. The zero-order valence-electron chi connectivity index (χ0n) is 16.2. The van der Waals surface area contributed by atoms with Crippen molar-refractivity contribution in [3.8, 4) is 11.3 Å². The Morgan fingerprint density at radius 3 is 2.59 bits per heavy atom. The summed E-state index contributed by atoms with van der Waals surface area (Å²) in [7, 11) is 1.93. The van der Waals surface area contributed by atoms with Crippen molar-refractivity contribution >= 4 is 16.8 Å². The fourth-order valence-corrected chi connectivity index (χ4v) is 4.15. The van der Waals surface area contributed by atoms with Crippen molar-refractivity contribution in [2.45, 2.75) is 52.0 Å². The lowest BCUT2D eigenvalue weighted by Crippen LogP contribution is -2.36. The van der Waals surface area contributed by atoms with Crippen LogP contribution in [0.3, 0.4) is 0 Å². The molecule has 1 amide bonds. The van der Waals surface area contributed by atoms with Gasteiger partial charge >= 0.3 is 0 Å². The first-order valence-electron chi connectivity index (χ1n) is 9.76. The van der Waals surface area contributed by atoms with Gasteiger partial charge < -0.3 is 5.32 Å². The van der Waals surface area contributed by atoms with Crippen LogP contribution >= 0.6 is 0 Å². The number of amides is 1. The highest BCUT2D eigenvalue weighted by atomic mass is 16.1. The summed E-state index contributed by atoms with van der Waals surface area (Å²) in [5.41, 5.74) is 5.33. The number of aryl methyl sites for hydroxylation is 2. The molecule has 1 saturated carbocycles. The molecule has 2 heterocycles. The molecule has 1 aliphatic carbocycles. The number of carbonyl (C=O) groups excluding carboxylic acids is 1. The first-order chi connectivity index (χ1) is 13.0. The minimum atomic E-state index is 0.000876. The highest BCUT2D eigenvalue weighted by Gasteiger charge is 2.21. The Bertz CT molecular complexity index is 999. The van der Waals surface area contributed by atoms with Crippen LogP contribution in [0.4, 0.5) is 0 Å². The van der Waals surface area contributed by atoms with Crippen LogP contribution < -0.4 is 5.32 Å². The van der Waals surface area contributed by atoms with Crippen LogP contribution in [0.25, 0.3) is 22.2 Å². The molecular weight excluding hydrogens is 336 g/mol. The molecule has 2 aromatic heterocycles. The zero-order valence-corrected chi connectivity index (χ0v) is 16.2. The van der Waals surface area contributed by atoms with Crippen LogP contribution in [0.15, 0.2) is 30.3 Å². The second-order valence-corrected chi connectivity index (χ2v) is 7.55. The molecule has 0 spiro atoms. The van der Waals surface area contributed by atoms with Gasteiger partial charge in [-0.3, -0.25) is 9.48 Å². The molecular formula is C22H26N4O. The number of aromatic nitrogens is 3. The second-order valence-electron chi connectivity index (χ2n) is 7.55. The largest absolute Gasteiger partial charge is 0.349 e. The summed E-state index contributed by atoms with van der Waals surface area (Å²) in [6.07, 6.45) is 5.81. The highest BCUT2D eigenvalue weighted by molar-refractivity contribution is 6.07. The third kappa shape index (κ3) is 3.34. The molecule has 0 saturated heterocycles. The van der Waals surface area contributed by atoms with Crippen LogP contribution in [0, 0.1) is 13.8 Å². The van der Waals surface area contributed by atoms with E-state index >= 15 is 0 Å². The Morgan fingerprint density at radius 2 is 1.89 bits per heavy atom. The molecule has 1 N–H and O–H groups in total. The molecule has 5 heteroatoms. The summed E-state index contributed by atoms with van der Waals surface area (Å²) >= 11 is 0. The Morgan fingerprint density at radius 1 is 1.15 bits per heavy atom. The van der Waals surface area contributed by atoms with Crippen molar-refractivity contribution in [2.24, 2.45) is 7.05 Å². The average molecular weight is 362 g/mol. The first-order valence-corrected chi connectivity index (χ1v) is 9.76. The molecule has 0 aliphatic heterocycles. The lowest BCUT2D eigenvalue weighted by atomic mass is 9.95. The molecule has 1 fully saturated rings. The summed E-state index contributed by atoms with van der Waals surface area (Å²) in [6, 6.07) is 10.1. The van der Waals surface area contributed by atoms with Crippen molar-refractivity contribution < 1.29 is 4.79 Å². The Hall–Kier alpha value is -2.69. The van der Waals surface area contributed by atoms with Gasteiger partial charge in [0.2, 0.25) is 0 Å². The van der Waals surface area contributed by atoms with Crippen molar-refractivity contribution in [2.75, 3.05) is 0 Å². The van der Waals surface area contributed by atoms with Crippen molar-refractivity contribution in [3.05, 3.63) is 47.3 Å². The number of hydrogen-bond acceptors (Lipinski definition) is 3. The van der Waals surface area contributed by atoms with Gasteiger partial charge in [-0.15, -0.1) is 0 Å². The third-order valence-electron chi connectivity index (χ3n) is 5.67. The number of para-hydroxylation sites is 1. The van der Waals surface area contributed by atoms with E-state index in [1.54, 1.807) is 0 Å². The summed E-state index contributed by atoms with van der Waals surface area (Å²) in [4.78, 5) is 18.0. The van der Waals surface area contributed by atoms with Gasteiger partial charge in [-0.05, 0) is 38.8 Å². The van der Waals surface area contributed by atoms with Crippen molar-refractivity contribution in [1.82, 2.24) is 20.1 Å². The topological polar surface area (TPSA) is 59.8 Å². The molecule has 5 nitrogen and oxygen atoms in total. The van der Waals surface area contributed by atoms with Crippen LogP contribution in [-0.4, -0.2) is 26.7 Å². The number of hydrogen-bond donors (Lipinski definition) is 1. The van der Waals surface area contributed by atoms with E-state index in [2.05, 4.69) is 10.4 Å². The van der Waals surface area contributed by atoms with Crippen molar-refractivity contribution in [3.63, 3.8) is 0 Å². The quantitative estimate of drug-likeness (QED) is 0.755. The lowest BCUT2D eigenvalue weighted by Gasteiger charge is -2.23. The maximum absolute atomic E-state index is 13.1. The van der Waals surface area contributed by atoms with E-state index < -0.39 is 0 Å². The molecule has 0 atom stereocenters. The van der Waals surface area contributed by atoms with Gasteiger partial charge in [0.1, 0.15) is 0 Å². The van der Waals surface area contributed by atoms with Gasteiger partial charge in [-0.2, -0.15) is 5.10 Å². The summed E-state index contributed by atoms with van der Waals surface area (Å²) in [5.74, 6) is 0.000876. The Balaban J connectivity index is 1.80. The lowest BCUT2D eigenvalue weighted by molar-refractivity contribution is 0.0929. The summed E-state index contributed by atoms with van der Waals surface area (Å²) in [5, 5.41) is 8.66. The van der Waals surface area contributed by atoms with Crippen LogP contribution in [0.5, 0.6) is 0 Å². The molecule has 4 rings (SSSR count). The molecule has 0 radical (unpaired) electrons. The fourth-order valence-electron chi connectivity index (χ4n) is 4.15. The average Bonchev–Trinajstić information content (AvgIpc) is 2.93. The standard InChI is InChI=1S/C22H26N4O/c1-14-21(15(2)26(3)25-14)20-13-18(17-11-7-8-12-19(17)24-20)22(27)23-16-9-5-4-6-10-16/h7-8,11-13,16H,4-6,9-10H2,1-3H3,(H,23,27). The van der Waals surface area contributed by atoms with E-state index in [1.165, 1.54) is 19.3 Å².